The number of anilines is 1. The molecule has 0 aliphatic heterocycles. The van der Waals surface area contributed by atoms with Crippen LogP contribution in [0.5, 0.6) is 0 Å². The van der Waals surface area contributed by atoms with Crippen molar-refractivity contribution in [2.45, 2.75) is 6.54 Å². The van der Waals surface area contributed by atoms with Gasteiger partial charge in [-0.15, -0.1) is 0 Å². The molecule has 2 rings (SSSR count). The summed E-state index contributed by atoms with van der Waals surface area (Å²) in [5, 5.41) is 9.01. The van der Waals surface area contributed by atoms with Crippen LogP contribution in [0, 0.1) is 0 Å². The molecule has 0 atom stereocenters. The van der Waals surface area contributed by atoms with Crippen LogP contribution in [0.2, 0.25) is 0 Å². The van der Waals surface area contributed by atoms with E-state index in [9.17, 15) is 4.79 Å². The van der Waals surface area contributed by atoms with Crippen LogP contribution < -0.4 is 4.90 Å². The van der Waals surface area contributed by atoms with Gasteiger partial charge in [0.05, 0.1) is 5.56 Å². The second kappa shape index (κ2) is 6.41. The van der Waals surface area contributed by atoms with E-state index in [1.165, 1.54) is 5.56 Å². The normalized spacial score (nSPS) is 10.3. The number of rotatable bonds is 4. The van der Waals surface area contributed by atoms with Crippen molar-refractivity contribution in [1.82, 2.24) is 0 Å². The summed E-state index contributed by atoms with van der Waals surface area (Å²) in [6.45, 7) is 0.748. The monoisotopic (exact) mass is 397 g/mol. The van der Waals surface area contributed by atoms with Gasteiger partial charge >= 0.3 is 5.97 Å². The first kappa shape index (κ1) is 15.1. The van der Waals surface area contributed by atoms with Crippen LogP contribution in [0.3, 0.4) is 0 Å². The smallest absolute Gasteiger partial charge is 0.336 e. The highest BCUT2D eigenvalue weighted by Gasteiger charge is 2.10. The molecule has 3 nitrogen and oxygen atoms in total. The lowest BCUT2D eigenvalue weighted by atomic mass is 10.1. The number of halogens is 2. The summed E-state index contributed by atoms with van der Waals surface area (Å²) in [7, 11) is 1.98. The van der Waals surface area contributed by atoms with E-state index in [2.05, 4.69) is 48.9 Å². The van der Waals surface area contributed by atoms with Gasteiger partial charge in [0, 0.05) is 28.2 Å². The van der Waals surface area contributed by atoms with Crippen molar-refractivity contribution in [3.63, 3.8) is 0 Å². The Morgan fingerprint density at radius 2 is 1.95 bits per heavy atom. The fraction of sp³-hybridized carbons (Fsp3) is 0.133. The Balaban J connectivity index is 2.19. The van der Waals surface area contributed by atoms with Crippen LogP contribution in [-0.4, -0.2) is 18.1 Å². The topological polar surface area (TPSA) is 40.5 Å². The number of carboxylic acids is 1. The van der Waals surface area contributed by atoms with Gasteiger partial charge in [-0.05, 0) is 51.8 Å². The molecule has 104 valence electrons. The summed E-state index contributed by atoms with van der Waals surface area (Å²) in [5.41, 5.74) is 2.41. The standard InChI is InChI=1S/C15H13Br2NO2/c1-18(9-10-3-2-4-11(16)7-10)12-5-6-13(15(19)20)14(17)8-12/h2-8H,9H2,1H3,(H,19,20). The van der Waals surface area contributed by atoms with Crippen molar-refractivity contribution in [3.05, 3.63) is 62.5 Å². The number of aromatic carboxylic acids is 1. The number of nitrogens with zero attached hydrogens (tertiary/aromatic N) is 1. The van der Waals surface area contributed by atoms with Crippen LogP contribution in [-0.2, 0) is 6.54 Å². The molecule has 0 aliphatic carbocycles. The maximum atomic E-state index is 11.0. The molecule has 0 aliphatic rings. The highest BCUT2D eigenvalue weighted by atomic mass is 79.9. The maximum Gasteiger partial charge on any atom is 0.336 e. The average molecular weight is 399 g/mol. The molecule has 0 saturated heterocycles. The third kappa shape index (κ3) is 3.61. The summed E-state index contributed by atoms with van der Waals surface area (Å²) in [6.07, 6.45) is 0. The molecule has 0 radical (unpaired) electrons. The maximum absolute atomic E-state index is 11.0. The number of hydrogen-bond donors (Lipinski definition) is 1. The van der Waals surface area contributed by atoms with Gasteiger partial charge in [0.1, 0.15) is 0 Å². The predicted octanol–water partition coefficient (Wildman–Crippen LogP) is 4.55. The van der Waals surface area contributed by atoms with Gasteiger partial charge in [-0.1, -0.05) is 28.1 Å². The van der Waals surface area contributed by atoms with E-state index >= 15 is 0 Å². The van der Waals surface area contributed by atoms with Crippen molar-refractivity contribution in [2.24, 2.45) is 0 Å². The van der Waals surface area contributed by atoms with E-state index in [4.69, 9.17) is 5.11 Å². The molecule has 2 aromatic rings. The van der Waals surface area contributed by atoms with Crippen LogP contribution >= 0.6 is 31.9 Å². The van der Waals surface area contributed by atoms with Crippen LogP contribution in [0.15, 0.2) is 51.4 Å². The number of carboxylic acid groups (broad SMARTS) is 1. The summed E-state index contributed by atoms with van der Waals surface area (Å²) < 4.78 is 1.63. The second-order valence-corrected chi connectivity index (χ2v) is 6.23. The highest BCUT2D eigenvalue weighted by Crippen LogP contribution is 2.25. The molecule has 0 fully saturated rings. The minimum absolute atomic E-state index is 0.268. The summed E-state index contributed by atoms with van der Waals surface area (Å²) in [5.74, 6) is -0.932. The number of carbonyl (C=O) groups is 1. The average Bonchev–Trinajstić information content (AvgIpc) is 2.38. The third-order valence-electron chi connectivity index (χ3n) is 2.93. The number of benzene rings is 2. The quantitative estimate of drug-likeness (QED) is 0.821. The van der Waals surface area contributed by atoms with Gasteiger partial charge < -0.3 is 10.0 Å². The molecule has 0 bridgehead atoms. The molecule has 0 unspecified atom stereocenters. The van der Waals surface area contributed by atoms with Gasteiger partial charge in [-0.25, -0.2) is 4.79 Å². The molecule has 2 aromatic carbocycles. The fourth-order valence-corrected chi connectivity index (χ4v) is 2.90. The minimum Gasteiger partial charge on any atom is -0.478 e. The zero-order chi connectivity index (χ0) is 14.7. The van der Waals surface area contributed by atoms with E-state index in [0.29, 0.717) is 4.47 Å². The van der Waals surface area contributed by atoms with E-state index in [-0.39, 0.29) is 5.56 Å². The largest absolute Gasteiger partial charge is 0.478 e. The van der Waals surface area contributed by atoms with E-state index in [1.54, 1.807) is 6.07 Å². The Labute approximate surface area is 134 Å². The Hall–Kier alpha value is -1.33. The molecule has 20 heavy (non-hydrogen) atoms. The first-order valence-electron chi connectivity index (χ1n) is 5.96. The SMILES string of the molecule is CN(Cc1cccc(Br)c1)c1ccc(C(=O)O)c(Br)c1. The van der Waals surface area contributed by atoms with Gasteiger partial charge in [-0.2, -0.15) is 0 Å². The first-order chi connectivity index (χ1) is 9.47. The Morgan fingerprint density at radius 3 is 2.55 bits per heavy atom. The third-order valence-corrected chi connectivity index (χ3v) is 4.08. The van der Waals surface area contributed by atoms with Gasteiger partial charge in [0.2, 0.25) is 0 Å². The minimum atomic E-state index is -0.932. The van der Waals surface area contributed by atoms with Crippen LogP contribution in [0.4, 0.5) is 5.69 Å². The zero-order valence-corrected chi connectivity index (χ0v) is 14.0. The molecule has 5 heteroatoms. The Kier molecular flexibility index (Phi) is 4.83. The molecule has 0 amide bonds. The van der Waals surface area contributed by atoms with Crippen molar-refractivity contribution in [1.29, 1.82) is 0 Å². The van der Waals surface area contributed by atoms with Crippen molar-refractivity contribution in [2.75, 3.05) is 11.9 Å². The highest BCUT2D eigenvalue weighted by molar-refractivity contribution is 9.10. The molecule has 0 saturated carbocycles. The molecular weight excluding hydrogens is 386 g/mol. The van der Waals surface area contributed by atoms with E-state index in [1.807, 2.05) is 31.3 Å². The van der Waals surface area contributed by atoms with Gasteiger partial charge in [0.25, 0.3) is 0 Å². The summed E-state index contributed by atoms with van der Waals surface area (Å²) >= 11 is 6.75. The molecule has 0 spiro atoms. The van der Waals surface area contributed by atoms with Gasteiger partial charge in [0.15, 0.2) is 0 Å². The van der Waals surface area contributed by atoms with Crippen molar-refractivity contribution < 1.29 is 9.90 Å². The van der Waals surface area contributed by atoms with Crippen LogP contribution in [0.25, 0.3) is 0 Å². The Bertz CT molecular complexity index is 644. The first-order valence-corrected chi connectivity index (χ1v) is 7.54. The van der Waals surface area contributed by atoms with E-state index in [0.717, 1.165) is 16.7 Å². The van der Waals surface area contributed by atoms with Crippen LogP contribution in [0.1, 0.15) is 15.9 Å². The number of hydrogen-bond acceptors (Lipinski definition) is 2. The summed E-state index contributed by atoms with van der Waals surface area (Å²) in [6, 6.07) is 13.4. The molecule has 0 aromatic heterocycles. The van der Waals surface area contributed by atoms with Crippen molar-refractivity contribution >= 4 is 43.5 Å². The molecule has 1 N–H and O–H groups in total. The molecule has 0 heterocycles. The lowest BCUT2D eigenvalue weighted by molar-refractivity contribution is 0.0696. The van der Waals surface area contributed by atoms with Gasteiger partial charge in [-0.3, -0.25) is 0 Å². The predicted molar refractivity (Wildman–Crippen MR) is 87.4 cm³/mol. The van der Waals surface area contributed by atoms with Crippen molar-refractivity contribution in [3.8, 4) is 0 Å². The van der Waals surface area contributed by atoms with E-state index < -0.39 is 5.97 Å². The second-order valence-electron chi connectivity index (χ2n) is 4.46. The lowest BCUT2D eigenvalue weighted by Gasteiger charge is -2.20. The Morgan fingerprint density at radius 1 is 1.20 bits per heavy atom. The zero-order valence-electron chi connectivity index (χ0n) is 10.8. The lowest BCUT2D eigenvalue weighted by Crippen LogP contribution is -2.16. The molecular formula is C15H13Br2NO2. The fourth-order valence-electron chi connectivity index (χ4n) is 1.92. The summed E-state index contributed by atoms with van der Waals surface area (Å²) in [4.78, 5) is 13.1.